The van der Waals surface area contributed by atoms with E-state index in [1.165, 1.54) is 75.1 Å². The Labute approximate surface area is 269 Å². The Hall–Kier alpha value is -3.64. The van der Waals surface area contributed by atoms with Gasteiger partial charge < -0.3 is 25.1 Å². The van der Waals surface area contributed by atoms with Crippen LogP contribution in [-0.2, 0) is 25.6 Å². The van der Waals surface area contributed by atoms with Gasteiger partial charge in [-0.15, -0.1) is 0 Å². The van der Waals surface area contributed by atoms with E-state index < -0.39 is 36.1 Å². The first-order chi connectivity index (χ1) is 22.3. The van der Waals surface area contributed by atoms with Crippen LogP contribution in [0.4, 0.5) is 10.2 Å². The molecular formula is C34H46FN5O6. The van der Waals surface area contributed by atoms with E-state index in [9.17, 15) is 19.1 Å². The number of anilines is 1. The van der Waals surface area contributed by atoms with Gasteiger partial charge in [-0.05, 0) is 12.5 Å². The topological polar surface area (TPSA) is 152 Å². The highest BCUT2D eigenvalue weighted by atomic mass is 19.1. The molecule has 3 N–H and O–H groups in total. The fraction of sp³-hybridized carbons (Fsp3) is 0.618. The number of halogens is 1. The van der Waals surface area contributed by atoms with Crippen LogP contribution in [0.1, 0.15) is 125 Å². The number of imidazole rings is 1. The molecule has 2 aliphatic rings. The summed E-state index contributed by atoms with van der Waals surface area (Å²) >= 11 is 0. The number of rotatable bonds is 19. The van der Waals surface area contributed by atoms with Crippen LogP contribution < -0.4 is 5.73 Å². The Morgan fingerprint density at radius 2 is 1.67 bits per heavy atom. The van der Waals surface area contributed by atoms with Gasteiger partial charge in [0.05, 0.1) is 11.9 Å². The number of fused-ring (bicyclic) bond motifs is 2. The zero-order chi connectivity index (χ0) is 32.5. The van der Waals surface area contributed by atoms with E-state index in [0.29, 0.717) is 12.0 Å². The molecule has 11 nitrogen and oxygen atoms in total. The van der Waals surface area contributed by atoms with Crippen LogP contribution in [0, 0.1) is 6.08 Å². The van der Waals surface area contributed by atoms with Gasteiger partial charge in [-0.2, -0.15) is 14.4 Å². The average Bonchev–Trinajstić information content (AvgIpc) is 3.34. The lowest BCUT2D eigenvalue weighted by molar-refractivity contribution is -0.145. The number of hydrogen-bond acceptors (Lipinski definition) is 10. The zero-order valence-corrected chi connectivity index (χ0v) is 26.7. The number of esters is 2. The molecule has 0 bridgehead atoms. The molecule has 46 heavy (non-hydrogen) atoms. The van der Waals surface area contributed by atoms with Crippen molar-refractivity contribution in [3.63, 3.8) is 0 Å². The quantitative estimate of drug-likeness (QED) is 0.0865. The first-order valence-corrected chi connectivity index (χ1v) is 16.8. The maximum atomic E-state index is 13.7. The summed E-state index contributed by atoms with van der Waals surface area (Å²) in [5, 5.41) is 11.1. The maximum absolute atomic E-state index is 13.7. The minimum absolute atomic E-state index is 0.0469. The summed E-state index contributed by atoms with van der Waals surface area (Å²) < 4.78 is 32.2. The molecule has 3 aromatic rings. The number of hydrogen-bond donors (Lipinski definition) is 2. The van der Waals surface area contributed by atoms with E-state index in [1.807, 2.05) is 0 Å². The highest BCUT2D eigenvalue weighted by molar-refractivity contribution is 5.91. The predicted octanol–water partition coefficient (Wildman–Crippen LogP) is 6.33. The Bertz CT molecular complexity index is 1480. The van der Waals surface area contributed by atoms with E-state index >= 15 is 0 Å². The fourth-order valence-electron chi connectivity index (χ4n) is 6.27. The molecule has 1 aromatic carbocycles. The molecule has 1 saturated heterocycles. The van der Waals surface area contributed by atoms with Crippen LogP contribution in [0.3, 0.4) is 0 Å². The summed E-state index contributed by atoms with van der Waals surface area (Å²) in [6, 6.07) is 6.76. The molecule has 1 unspecified atom stereocenters. The third-order valence-corrected chi connectivity index (χ3v) is 9.03. The first kappa shape index (κ1) is 33.7. The molecule has 5 rings (SSSR count). The number of carbonyl (C=O) groups excluding carboxylic acids is 2. The second-order valence-corrected chi connectivity index (χ2v) is 12.5. The Balaban J connectivity index is 0.994. The summed E-state index contributed by atoms with van der Waals surface area (Å²) in [5.74, 6) is -1.04. The van der Waals surface area contributed by atoms with Crippen LogP contribution >= 0.6 is 0 Å². The first-order valence-electron chi connectivity index (χ1n) is 16.8. The monoisotopic (exact) mass is 639 g/mol. The lowest BCUT2D eigenvalue weighted by Gasteiger charge is -2.18. The lowest BCUT2D eigenvalue weighted by Crippen LogP contribution is -2.24. The second-order valence-electron chi connectivity index (χ2n) is 12.5. The predicted molar refractivity (Wildman–Crippen MR) is 169 cm³/mol. The van der Waals surface area contributed by atoms with Crippen molar-refractivity contribution in [1.29, 1.82) is 0 Å². The molecule has 4 atom stereocenters. The number of nitrogens with two attached hydrogens (primary N) is 1. The van der Waals surface area contributed by atoms with Crippen molar-refractivity contribution >= 4 is 28.9 Å². The smallest absolute Gasteiger partial charge is 0.339 e. The molecule has 0 spiro atoms. The van der Waals surface area contributed by atoms with E-state index in [4.69, 9.17) is 19.9 Å². The van der Waals surface area contributed by atoms with Gasteiger partial charge in [0.2, 0.25) is 0 Å². The van der Waals surface area contributed by atoms with Gasteiger partial charge >= 0.3 is 18.0 Å². The van der Waals surface area contributed by atoms with Crippen molar-refractivity contribution in [2.75, 3.05) is 5.73 Å². The van der Waals surface area contributed by atoms with E-state index in [2.05, 4.69) is 21.9 Å². The van der Waals surface area contributed by atoms with E-state index in [-0.39, 0.29) is 41.5 Å². The molecule has 12 heteroatoms. The minimum Gasteiger partial charge on any atom is -0.461 e. The van der Waals surface area contributed by atoms with Gasteiger partial charge in [0.15, 0.2) is 23.1 Å². The van der Waals surface area contributed by atoms with Crippen LogP contribution in [-0.4, -0.2) is 54.4 Å². The van der Waals surface area contributed by atoms with Gasteiger partial charge in [-0.1, -0.05) is 102 Å². The molecule has 2 aromatic heterocycles. The van der Waals surface area contributed by atoms with Crippen molar-refractivity contribution in [1.82, 2.24) is 19.5 Å². The molecule has 1 aliphatic heterocycles. The number of ether oxygens (including phenoxy) is 3. The number of unbranched alkanes of at least 4 members (excludes halogenated alkanes) is 12. The summed E-state index contributed by atoms with van der Waals surface area (Å²) in [6.45, 7) is 2.20. The Morgan fingerprint density at radius 1 is 1.02 bits per heavy atom. The fourth-order valence-corrected chi connectivity index (χ4v) is 6.27. The highest BCUT2D eigenvalue weighted by Crippen LogP contribution is 2.55. The van der Waals surface area contributed by atoms with Gasteiger partial charge in [0.1, 0.15) is 24.5 Å². The van der Waals surface area contributed by atoms with Gasteiger partial charge in [0.25, 0.3) is 0 Å². The van der Waals surface area contributed by atoms with Crippen LogP contribution in [0.15, 0.2) is 30.6 Å². The SMILES string of the molecule is CCCCCCCCCCCCCCCC(=O)OCc1ccccc1C(=O)OC1[C@H]2O[C@@H](n3cnc4c(N)nc(F)nc43)C[C@@]12O. The highest BCUT2D eigenvalue weighted by Gasteiger charge is 2.74. The van der Waals surface area contributed by atoms with Crippen molar-refractivity contribution < 1.29 is 33.3 Å². The number of benzene rings is 1. The van der Waals surface area contributed by atoms with Gasteiger partial charge in [0, 0.05) is 18.4 Å². The molecule has 1 aliphatic carbocycles. The number of carbonyl (C=O) groups is 2. The normalized spacial score (nSPS) is 21.8. The third-order valence-electron chi connectivity index (χ3n) is 9.03. The summed E-state index contributed by atoms with van der Waals surface area (Å²) in [4.78, 5) is 36.8. The number of aliphatic hydroxyl groups is 1. The number of aromatic nitrogens is 4. The maximum Gasteiger partial charge on any atom is 0.339 e. The van der Waals surface area contributed by atoms with E-state index in [0.717, 1.165) is 19.3 Å². The van der Waals surface area contributed by atoms with E-state index in [1.54, 1.807) is 24.3 Å². The molecule has 0 radical (unpaired) electrons. The third kappa shape index (κ3) is 8.19. The van der Waals surface area contributed by atoms with Crippen LogP contribution in [0.25, 0.3) is 11.2 Å². The molecular weight excluding hydrogens is 593 g/mol. The minimum atomic E-state index is -1.41. The number of nitrogens with zero attached hydrogens (tertiary/aromatic N) is 4. The molecule has 3 heterocycles. The van der Waals surface area contributed by atoms with Crippen LogP contribution in [0.2, 0.25) is 0 Å². The summed E-state index contributed by atoms with van der Waals surface area (Å²) in [7, 11) is 0. The Morgan fingerprint density at radius 3 is 2.33 bits per heavy atom. The zero-order valence-electron chi connectivity index (χ0n) is 26.7. The standard InChI is InChI=1S/C34H46FN5O6/c1-2-3-4-5-6-7-8-9-10-11-12-13-14-19-26(41)44-21-23-17-15-16-18-24(23)32(42)46-29-28-34(29,43)20-25(45-28)40-22-37-27-30(36)38-33(35)39-31(27)40/h15-18,22,25,28-29,43H,2-14,19-21H2,1H3,(H2,36,38,39)/t25-,28-,29?,34+/m1/s1. The molecule has 1 saturated carbocycles. The van der Waals surface area contributed by atoms with Gasteiger partial charge in [-0.25, -0.2) is 9.78 Å². The van der Waals surface area contributed by atoms with Crippen LogP contribution in [0.5, 0.6) is 0 Å². The van der Waals surface area contributed by atoms with Crippen molar-refractivity contribution in [2.24, 2.45) is 0 Å². The van der Waals surface area contributed by atoms with Crippen molar-refractivity contribution in [2.45, 2.75) is 134 Å². The lowest BCUT2D eigenvalue weighted by atomic mass is 10.0. The van der Waals surface area contributed by atoms with Crippen molar-refractivity contribution in [3.8, 4) is 0 Å². The van der Waals surface area contributed by atoms with Gasteiger partial charge in [-0.3, -0.25) is 9.36 Å². The Kier molecular flexibility index (Phi) is 11.6. The summed E-state index contributed by atoms with van der Waals surface area (Å²) in [5.41, 5.74) is 5.47. The average molecular weight is 640 g/mol. The molecule has 2 fully saturated rings. The summed E-state index contributed by atoms with van der Waals surface area (Å²) in [6.07, 6.45) is 14.5. The number of nitrogen functional groups attached to an aromatic ring is 1. The second kappa shape index (κ2) is 15.8. The van der Waals surface area contributed by atoms with Crippen molar-refractivity contribution in [3.05, 3.63) is 47.8 Å². The molecule has 250 valence electrons. The largest absolute Gasteiger partial charge is 0.461 e. The molecule has 0 amide bonds.